The summed E-state index contributed by atoms with van der Waals surface area (Å²) in [5.41, 5.74) is -2.11. The molecule has 0 amide bonds. The zero-order valence-electron chi connectivity index (χ0n) is 14.1. The monoisotopic (exact) mass is 399 g/mol. The number of carboxylic acid groups (broad SMARTS) is 1. The number of alkyl halides is 3. The highest BCUT2D eigenvalue weighted by molar-refractivity contribution is 5.95. The highest BCUT2D eigenvalue weighted by Crippen LogP contribution is 2.32. The number of carbonyl (C=O) groups excluding carboxylic acids is 1. The Kier molecular flexibility index (Phi) is 5.87. The van der Waals surface area contributed by atoms with Crippen molar-refractivity contribution in [1.29, 1.82) is 0 Å². The number of carbonyl (C=O) groups is 2. The quantitative estimate of drug-likeness (QED) is 0.443. The molecule has 28 heavy (non-hydrogen) atoms. The molecule has 0 saturated heterocycles. The maximum atomic E-state index is 12.6. The summed E-state index contributed by atoms with van der Waals surface area (Å²) in [4.78, 5) is 33.1. The molecule has 0 aromatic heterocycles. The van der Waals surface area contributed by atoms with Gasteiger partial charge in [0.25, 0.3) is 5.69 Å². The van der Waals surface area contributed by atoms with E-state index in [0.717, 1.165) is 49.4 Å². The number of aliphatic carboxylic acids is 1. The van der Waals surface area contributed by atoms with Gasteiger partial charge in [-0.05, 0) is 37.3 Å². The van der Waals surface area contributed by atoms with Crippen molar-refractivity contribution in [1.82, 2.24) is 0 Å². The van der Waals surface area contributed by atoms with Crippen molar-refractivity contribution < 1.29 is 42.3 Å². The molecule has 0 saturated carbocycles. The minimum absolute atomic E-state index is 0.0138. The predicted octanol–water partition coefficient (Wildman–Crippen LogP) is 4.04. The second kappa shape index (κ2) is 7.94. The summed E-state index contributed by atoms with van der Waals surface area (Å²) >= 11 is 0. The summed E-state index contributed by atoms with van der Waals surface area (Å²) in [7, 11) is 0. The highest BCUT2D eigenvalue weighted by atomic mass is 19.4. The van der Waals surface area contributed by atoms with E-state index in [0.29, 0.717) is 0 Å². The van der Waals surface area contributed by atoms with Crippen LogP contribution in [0.5, 0.6) is 11.5 Å². The molecule has 8 nitrogen and oxygen atoms in total. The number of ether oxygens (including phenoxy) is 2. The lowest BCUT2D eigenvalue weighted by Gasteiger charge is -2.11. The Morgan fingerprint density at radius 1 is 1.11 bits per heavy atom. The SMILES string of the molecule is CC(OC(=O)c1cc(Oc2ccc(C(F)(F)F)cc2)ccc1[N+](=O)[O-])C(=O)O. The molecule has 0 spiro atoms. The van der Waals surface area contributed by atoms with Gasteiger partial charge in [-0.1, -0.05) is 0 Å². The van der Waals surface area contributed by atoms with Gasteiger partial charge in [-0.3, -0.25) is 10.1 Å². The van der Waals surface area contributed by atoms with E-state index in [9.17, 15) is 32.9 Å². The van der Waals surface area contributed by atoms with Crippen molar-refractivity contribution >= 4 is 17.6 Å². The number of nitro benzene ring substituents is 1. The van der Waals surface area contributed by atoms with Crippen molar-refractivity contribution in [3.63, 3.8) is 0 Å². The number of nitrogens with zero attached hydrogens (tertiary/aromatic N) is 1. The first kappa shape index (κ1) is 20.7. The molecular weight excluding hydrogens is 387 g/mol. The van der Waals surface area contributed by atoms with Crippen LogP contribution in [0.15, 0.2) is 42.5 Å². The van der Waals surface area contributed by atoms with Crippen molar-refractivity contribution in [2.45, 2.75) is 19.2 Å². The minimum Gasteiger partial charge on any atom is -0.479 e. The average Bonchev–Trinajstić information content (AvgIpc) is 2.61. The Labute approximate surface area is 155 Å². The average molecular weight is 399 g/mol. The molecule has 11 heteroatoms. The normalized spacial score (nSPS) is 12.1. The Balaban J connectivity index is 2.30. The van der Waals surface area contributed by atoms with Gasteiger partial charge in [-0.25, -0.2) is 9.59 Å². The van der Waals surface area contributed by atoms with E-state index < -0.39 is 46.0 Å². The minimum atomic E-state index is -4.52. The van der Waals surface area contributed by atoms with Gasteiger partial charge in [0.15, 0.2) is 6.10 Å². The van der Waals surface area contributed by atoms with Crippen molar-refractivity contribution in [2.24, 2.45) is 0 Å². The van der Waals surface area contributed by atoms with E-state index in [1.807, 2.05) is 0 Å². The van der Waals surface area contributed by atoms with Crippen molar-refractivity contribution in [3.05, 3.63) is 63.7 Å². The number of esters is 1. The second-order valence-corrected chi connectivity index (χ2v) is 5.45. The molecule has 0 aliphatic rings. The third-order valence-electron chi connectivity index (χ3n) is 3.43. The molecule has 2 aromatic carbocycles. The van der Waals surface area contributed by atoms with Gasteiger partial charge in [0.2, 0.25) is 0 Å². The van der Waals surface area contributed by atoms with Crippen LogP contribution in [0.2, 0.25) is 0 Å². The van der Waals surface area contributed by atoms with E-state index >= 15 is 0 Å². The number of rotatable bonds is 6. The van der Waals surface area contributed by atoms with Crippen molar-refractivity contribution in [3.8, 4) is 11.5 Å². The van der Waals surface area contributed by atoms with E-state index in [1.165, 1.54) is 0 Å². The summed E-state index contributed by atoms with van der Waals surface area (Å²) in [6, 6.07) is 6.64. The molecule has 0 fully saturated rings. The van der Waals surface area contributed by atoms with Gasteiger partial charge < -0.3 is 14.6 Å². The van der Waals surface area contributed by atoms with Crippen LogP contribution in [0.3, 0.4) is 0 Å². The lowest BCUT2D eigenvalue weighted by atomic mass is 10.1. The number of carboxylic acids is 1. The Morgan fingerprint density at radius 3 is 2.18 bits per heavy atom. The molecule has 1 atom stereocenters. The molecular formula is C17H12F3NO7. The maximum absolute atomic E-state index is 12.6. The van der Waals surface area contributed by atoms with E-state index in [4.69, 9.17) is 9.84 Å². The molecule has 148 valence electrons. The van der Waals surface area contributed by atoms with Crippen LogP contribution in [0.1, 0.15) is 22.8 Å². The van der Waals surface area contributed by atoms with Gasteiger partial charge in [-0.15, -0.1) is 0 Å². The molecule has 0 heterocycles. The van der Waals surface area contributed by atoms with Crippen LogP contribution in [0.25, 0.3) is 0 Å². The number of halogens is 3. The van der Waals surface area contributed by atoms with Crippen LogP contribution >= 0.6 is 0 Å². The third-order valence-corrected chi connectivity index (χ3v) is 3.43. The number of nitro groups is 1. The summed E-state index contributed by atoms with van der Waals surface area (Å²) < 4.78 is 47.6. The van der Waals surface area contributed by atoms with E-state index in [-0.39, 0.29) is 11.5 Å². The van der Waals surface area contributed by atoms with E-state index in [2.05, 4.69) is 4.74 Å². The first-order chi connectivity index (χ1) is 13.0. The topological polar surface area (TPSA) is 116 Å². The fourth-order valence-corrected chi connectivity index (χ4v) is 2.02. The van der Waals surface area contributed by atoms with Crippen LogP contribution in [-0.2, 0) is 15.7 Å². The van der Waals surface area contributed by atoms with Gasteiger partial charge in [0, 0.05) is 12.1 Å². The molecule has 1 N–H and O–H groups in total. The summed E-state index contributed by atoms with van der Waals surface area (Å²) in [6.45, 7) is 1.06. The molecule has 0 radical (unpaired) electrons. The lowest BCUT2D eigenvalue weighted by Crippen LogP contribution is -2.24. The van der Waals surface area contributed by atoms with Gasteiger partial charge in [0.1, 0.15) is 17.1 Å². The van der Waals surface area contributed by atoms with Gasteiger partial charge in [0.05, 0.1) is 10.5 Å². The predicted molar refractivity (Wildman–Crippen MR) is 87.1 cm³/mol. The van der Waals surface area contributed by atoms with Gasteiger partial charge in [-0.2, -0.15) is 13.2 Å². The zero-order valence-corrected chi connectivity index (χ0v) is 14.1. The first-order valence-electron chi connectivity index (χ1n) is 7.56. The summed E-state index contributed by atoms with van der Waals surface area (Å²) in [5, 5.41) is 19.9. The third kappa shape index (κ3) is 4.96. The fourth-order valence-electron chi connectivity index (χ4n) is 2.02. The maximum Gasteiger partial charge on any atom is 0.416 e. The van der Waals surface area contributed by atoms with Crippen molar-refractivity contribution in [2.75, 3.05) is 0 Å². The number of hydrogen-bond acceptors (Lipinski definition) is 6. The van der Waals surface area contributed by atoms with Crippen LogP contribution in [0.4, 0.5) is 18.9 Å². The van der Waals surface area contributed by atoms with Crippen LogP contribution < -0.4 is 4.74 Å². The molecule has 0 aliphatic carbocycles. The largest absolute Gasteiger partial charge is 0.479 e. The molecule has 0 aliphatic heterocycles. The zero-order chi connectivity index (χ0) is 21.1. The smallest absolute Gasteiger partial charge is 0.416 e. The summed E-state index contributed by atoms with van der Waals surface area (Å²) in [6.07, 6.45) is -6.07. The molecule has 1 unspecified atom stereocenters. The lowest BCUT2D eigenvalue weighted by molar-refractivity contribution is -0.385. The first-order valence-corrected chi connectivity index (χ1v) is 7.56. The summed E-state index contributed by atoms with van der Waals surface area (Å²) in [5.74, 6) is -2.83. The molecule has 0 bridgehead atoms. The highest BCUT2D eigenvalue weighted by Gasteiger charge is 2.30. The Bertz CT molecular complexity index is 910. The Hall–Kier alpha value is -3.63. The molecule has 2 aromatic rings. The standard InChI is InChI=1S/C17H12F3NO7/c1-9(15(22)23)27-16(24)13-8-12(6-7-14(13)21(25)26)28-11-4-2-10(3-5-11)17(18,19)20/h2-9H,1H3,(H,22,23). The number of benzene rings is 2. The van der Waals surface area contributed by atoms with E-state index in [1.54, 1.807) is 0 Å². The Morgan fingerprint density at radius 2 is 1.68 bits per heavy atom. The van der Waals surface area contributed by atoms with Crippen LogP contribution in [0, 0.1) is 10.1 Å². The number of hydrogen-bond donors (Lipinski definition) is 1. The second-order valence-electron chi connectivity index (χ2n) is 5.45. The fraction of sp³-hybridized carbons (Fsp3) is 0.176. The van der Waals surface area contributed by atoms with Crippen LogP contribution in [-0.4, -0.2) is 28.1 Å². The van der Waals surface area contributed by atoms with Gasteiger partial charge >= 0.3 is 18.1 Å². The molecule has 2 rings (SSSR count).